The summed E-state index contributed by atoms with van der Waals surface area (Å²) >= 11 is 0. The highest BCUT2D eigenvalue weighted by atomic mass is 16.3. The molecule has 5 amide bonds. The van der Waals surface area contributed by atoms with Crippen LogP contribution in [-0.4, -0.2) is 133 Å². The third kappa shape index (κ3) is 34.8. The lowest BCUT2D eigenvalue weighted by Crippen LogP contribution is -2.49. The van der Waals surface area contributed by atoms with Crippen molar-refractivity contribution in [1.29, 1.82) is 0 Å². The number of amides is 5. The van der Waals surface area contributed by atoms with Gasteiger partial charge < -0.3 is 59.7 Å². The highest BCUT2D eigenvalue weighted by molar-refractivity contribution is 5.97. The smallest absolute Gasteiger partial charge is 0.226 e. The van der Waals surface area contributed by atoms with E-state index in [1.54, 1.807) is 0 Å². The minimum absolute atomic E-state index is 0.0752. The van der Waals surface area contributed by atoms with E-state index in [1.807, 2.05) is 27.7 Å². The summed E-state index contributed by atoms with van der Waals surface area (Å²) < 4.78 is 0. The lowest BCUT2D eigenvalue weighted by Gasteiger charge is -2.26. The second kappa shape index (κ2) is 43.5. The number of aliphatic imine (C=N–C) groups is 2. The summed E-state index contributed by atoms with van der Waals surface area (Å²) in [6, 6.07) is -2.50. The molecule has 0 unspecified atom stereocenters. The van der Waals surface area contributed by atoms with Crippen LogP contribution in [0.25, 0.3) is 0 Å². The van der Waals surface area contributed by atoms with E-state index in [9.17, 15) is 53.4 Å². The van der Waals surface area contributed by atoms with Crippen molar-refractivity contribution in [3.8, 4) is 0 Å². The molecule has 0 bridgehead atoms. The maximum Gasteiger partial charge on any atom is 0.226 e. The molecular weight excluding hydrogens is 991 g/mol. The molecule has 0 spiro atoms. The first kappa shape index (κ1) is 71.5. The Morgan fingerprint density at radius 1 is 0.506 bits per heavy atom. The molecule has 0 rings (SSSR count). The van der Waals surface area contributed by atoms with Crippen LogP contribution in [0.3, 0.4) is 0 Å². The van der Waals surface area contributed by atoms with Crippen molar-refractivity contribution in [3.63, 3.8) is 0 Å². The summed E-state index contributed by atoms with van der Waals surface area (Å²) in [4.78, 5) is 128. The van der Waals surface area contributed by atoms with Crippen LogP contribution in [0.5, 0.6) is 0 Å². The minimum atomic E-state index is -1.37. The number of rotatable bonds is 48. The Bertz CT molecular complexity index is 1840. The van der Waals surface area contributed by atoms with E-state index in [4.69, 9.17) is 22.9 Å². The van der Waals surface area contributed by atoms with E-state index in [0.717, 1.165) is 19.3 Å². The molecule has 0 aliphatic heterocycles. The third-order valence-electron chi connectivity index (χ3n) is 13.8. The number of nitrogens with zero attached hydrogens (tertiary/aromatic N) is 2. The molecule has 0 aromatic heterocycles. The van der Waals surface area contributed by atoms with Gasteiger partial charge in [0.2, 0.25) is 29.5 Å². The van der Waals surface area contributed by atoms with Crippen LogP contribution in [0.1, 0.15) is 189 Å². The molecule has 22 nitrogen and oxygen atoms in total. The maximum atomic E-state index is 14.2. The van der Waals surface area contributed by atoms with E-state index in [2.05, 4.69) is 43.5 Å². The van der Waals surface area contributed by atoms with Gasteiger partial charge in [-0.05, 0) is 50.4 Å². The fraction of sp³-hybridized carbons (Fsp3) is 0.800. The molecule has 0 aromatic rings. The highest BCUT2D eigenvalue weighted by Crippen LogP contribution is 2.23. The fourth-order valence-electron chi connectivity index (χ4n) is 8.91. The zero-order valence-corrected chi connectivity index (χ0v) is 47.6. The maximum absolute atomic E-state index is 14.2. The molecule has 0 aliphatic carbocycles. The first-order chi connectivity index (χ1) is 36.6. The summed E-state index contributed by atoms with van der Waals surface area (Å²) in [5.41, 5.74) is 22.0. The molecule has 0 fully saturated rings. The number of nitrogens with one attached hydrogen (secondary N) is 5. The monoisotopic (exact) mass is 1090 g/mol. The Morgan fingerprint density at radius 2 is 0.961 bits per heavy atom. The zero-order valence-electron chi connectivity index (χ0n) is 47.6. The number of hydrogen-bond acceptors (Lipinski definition) is 13. The Labute approximate surface area is 458 Å². The molecule has 0 saturated heterocycles. The molecule has 0 aliphatic rings. The van der Waals surface area contributed by atoms with Crippen LogP contribution >= 0.6 is 0 Å². The predicted molar refractivity (Wildman–Crippen MR) is 300 cm³/mol. The fourth-order valence-corrected chi connectivity index (χ4v) is 8.91. The van der Waals surface area contributed by atoms with Gasteiger partial charge in [-0.25, -0.2) is 0 Å². The van der Waals surface area contributed by atoms with Crippen LogP contribution in [-0.2, 0) is 43.2 Å². The zero-order chi connectivity index (χ0) is 58.1. The number of unbranched alkanes of at least 4 members (excludes halogenated alkanes) is 12. The molecule has 0 heterocycles. The van der Waals surface area contributed by atoms with Gasteiger partial charge in [0, 0.05) is 70.0 Å². The van der Waals surface area contributed by atoms with Crippen LogP contribution in [0.4, 0.5) is 0 Å². The molecule has 77 heavy (non-hydrogen) atoms. The van der Waals surface area contributed by atoms with Gasteiger partial charge in [-0.1, -0.05) is 118 Å². The molecule has 22 heteroatoms. The van der Waals surface area contributed by atoms with E-state index in [0.29, 0.717) is 12.8 Å². The quantitative estimate of drug-likeness (QED) is 0.0237. The third-order valence-corrected chi connectivity index (χ3v) is 13.8. The van der Waals surface area contributed by atoms with Crippen LogP contribution in [0.15, 0.2) is 9.98 Å². The van der Waals surface area contributed by atoms with Gasteiger partial charge in [0.15, 0.2) is 35.1 Å². The average Bonchev–Trinajstić information content (AvgIpc) is 3.39. The van der Waals surface area contributed by atoms with Gasteiger partial charge in [0.25, 0.3) is 0 Å². The summed E-state index contributed by atoms with van der Waals surface area (Å²) in [7, 11) is 1.46. The van der Waals surface area contributed by atoms with Crippen molar-refractivity contribution < 1.29 is 53.4 Å². The van der Waals surface area contributed by atoms with Crippen molar-refractivity contribution >= 4 is 64.6 Å². The van der Waals surface area contributed by atoms with Crippen molar-refractivity contribution in [2.75, 3.05) is 46.4 Å². The molecular formula is C55H101N11O11. The van der Waals surface area contributed by atoms with Crippen molar-refractivity contribution in [1.82, 2.24) is 26.6 Å². The van der Waals surface area contributed by atoms with Crippen LogP contribution in [0.2, 0.25) is 0 Å². The van der Waals surface area contributed by atoms with Crippen molar-refractivity contribution in [2.24, 2.45) is 68.4 Å². The summed E-state index contributed by atoms with van der Waals surface area (Å²) in [5.74, 6) is -9.56. The van der Waals surface area contributed by atoms with Gasteiger partial charge in [-0.2, -0.15) is 0 Å². The number of carbonyl (C=O) groups is 9. The molecule has 442 valence electrons. The number of carbonyl (C=O) groups excluding carboxylic acids is 9. The number of aliphatic hydroxyl groups excluding tert-OH is 2. The summed E-state index contributed by atoms with van der Waals surface area (Å²) in [6.07, 6.45) is 15.6. The second-order valence-electron chi connectivity index (χ2n) is 21.0. The molecule has 0 radical (unpaired) electrons. The Morgan fingerprint density at radius 3 is 1.42 bits per heavy atom. The number of guanidine groups is 2. The van der Waals surface area contributed by atoms with E-state index >= 15 is 0 Å². The predicted octanol–water partition coefficient (Wildman–Crippen LogP) is 2.90. The molecule has 7 atom stereocenters. The van der Waals surface area contributed by atoms with Gasteiger partial charge in [-0.15, -0.1) is 0 Å². The van der Waals surface area contributed by atoms with Crippen molar-refractivity contribution in [2.45, 2.75) is 201 Å². The molecule has 0 aromatic carbocycles. The largest absolute Gasteiger partial charge is 0.396 e. The summed E-state index contributed by atoms with van der Waals surface area (Å²) in [5, 5.41) is 33.2. The average molecular weight is 1090 g/mol. The highest BCUT2D eigenvalue weighted by Gasteiger charge is 2.34. The summed E-state index contributed by atoms with van der Waals surface area (Å²) in [6.45, 7) is 7.52. The standard InChI is InChI=1S/C55H101N11O11/c1-7-9-10-11-12-13-14-15-16-17-18-19-20-25-49(73)63-33-43(70)30-41(35-67)50(74)64-34-42(69)29-39(23-21-26-61-54(56)57)51(75)65-45(28-37(3)4)47(71)31-40(24-22-27-62-55(58)59)52(76)66-46(36-68)48(72)32-44(38(5)8-2)53(77)60-6/h37-41,44-46,67-68H,7-36H2,1-6H3,(H,60,77)(H,63,73)(H,64,74)(H,65,75)(H,66,76)(H4,56,57,61)(H4,58,59,62)/t38-,39+,40+,41-,44-,45-,46-/m0/s1. The number of Topliss-reactive ketones (excluding diaryl/α,β-unsaturated/α-hetero) is 4. The Balaban J connectivity index is 5.77. The van der Waals surface area contributed by atoms with E-state index in [1.165, 1.54) is 64.8 Å². The van der Waals surface area contributed by atoms with Crippen LogP contribution in [0, 0.1) is 35.5 Å². The minimum Gasteiger partial charge on any atom is -0.396 e. The van der Waals surface area contributed by atoms with Crippen molar-refractivity contribution in [3.05, 3.63) is 0 Å². The molecule has 15 N–H and O–H groups in total. The Kier molecular flexibility index (Phi) is 40.4. The van der Waals surface area contributed by atoms with E-state index in [-0.39, 0.29) is 113 Å². The first-order valence-corrected chi connectivity index (χ1v) is 28.4. The van der Waals surface area contributed by atoms with Gasteiger partial charge in [0.05, 0.1) is 38.3 Å². The van der Waals surface area contributed by atoms with Crippen LogP contribution < -0.4 is 49.5 Å². The topological polar surface area (TPSA) is 383 Å². The van der Waals surface area contributed by atoms with Gasteiger partial charge in [-0.3, -0.25) is 53.1 Å². The van der Waals surface area contributed by atoms with Gasteiger partial charge >= 0.3 is 0 Å². The number of hydrogen-bond donors (Lipinski definition) is 11. The number of ketones is 4. The Hall–Kier alpha value is -5.51. The number of aliphatic hydroxyl groups is 2. The second-order valence-corrected chi connectivity index (χ2v) is 21.0. The lowest BCUT2D eigenvalue weighted by atomic mass is 9.85. The number of nitrogens with two attached hydrogens (primary N) is 4. The molecule has 0 saturated carbocycles. The lowest BCUT2D eigenvalue weighted by molar-refractivity contribution is -0.136. The normalized spacial score (nSPS) is 13.9. The van der Waals surface area contributed by atoms with Gasteiger partial charge in [0.1, 0.15) is 6.04 Å². The van der Waals surface area contributed by atoms with E-state index < -0.39 is 103 Å². The SMILES string of the molecule is CCCCCCCCCCCCCCCC(=O)NCC(=O)C[C@@H](CO)C(=O)NCC(=O)C[C@@H](CCCN=C(N)N)C(=O)N[C@@H](CC(C)C)C(=O)C[C@@H](CCCN=C(N)N)C(=O)N[C@@H](CO)C(=O)C[C@H](C(=O)NC)[C@@H](C)CC. The first-order valence-electron chi connectivity index (χ1n) is 28.4.